The molecule has 0 spiro atoms. The maximum atomic E-state index is 12.9. The lowest BCUT2D eigenvalue weighted by atomic mass is 10.1. The van der Waals surface area contributed by atoms with E-state index in [0.29, 0.717) is 25.0 Å². The van der Waals surface area contributed by atoms with Crippen LogP contribution in [0.3, 0.4) is 0 Å². The lowest BCUT2D eigenvalue weighted by Gasteiger charge is -2.33. The molecule has 2 atom stereocenters. The summed E-state index contributed by atoms with van der Waals surface area (Å²) in [5, 5.41) is 0. The smallest absolute Gasteiger partial charge is 0.400 e. The molecule has 0 aromatic rings. The van der Waals surface area contributed by atoms with E-state index < -0.39 is 7.67 Å². The molecule has 3 rings (SSSR count). The van der Waals surface area contributed by atoms with E-state index in [-0.39, 0.29) is 23.9 Å². The third-order valence-corrected chi connectivity index (χ3v) is 6.19. The highest BCUT2D eigenvalue weighted by Gasteiger charge is 2.60. The molecule has 2 fully saturated rings. The molecule has 7 heteroatoms. The lowest BCUT2D eigenvalue weighted by Crippen LogP contribution is -2.37. The first kappa shape index (κ1) is 13.1. The molecule has 2 saturated heterocycles. The summed E-state index contributed by atoms with van der Waals surface area (Å²) in [6.45, 7) is 9.03. The fourth-order valence-electron chi connectivity index (χ4n) is 2.90. The number of rotatable bonds is 2. The molecular formula is C12H21N2O4P. The average molecular weight is 288 g/mol. The Bertz CT molecular complexity index is 438. The molecule has 3 aliphatic heterocycles. The lowest BCUT2D eigenvalue weighted by molar-refractivity contribution is 0.187. The van der Waals surface area contributed by atoms with Crippen LogP contribution in [0.15, 0.2) is 11.8 Å². The Labute approximate surface area is 113 Å². The van der Waals surface area contributed by atoms with E-state index in [1.165, 1.54) is 0 Å². The van der Waals surface area contributed by atoms with Gasteiger partial charge >= 0.3 is 7.67 Å². The van der Waals surface area contributed by atoms with E-state index in [2.05, 4.69) is 0 Å². The highest BCUT2D eigenvalue weighted by atomic mass is 31.2. The largest absolute Gasteiger partial charge is 0.473 e. The number of hydrogen-bond donors (Lipinski definition) is 1. The van der Waals surface area contributed by atoms with Crippen molar-refractivity contribution in [2.75, 3.05) is 13.2 Å². The molecule has 0 aliphatic carbocycles. The van der Waals surface area contributed by atoms with Crippen LogP contribution in [-0.4, -0.2) is 39.5 Å². The Balaban J connectivity index is 2.03. The third-order valence-electron chi connectivity index (χ3n) is 4.11. The van der Waals surface area contributed by atoms with Gasteiger partial charge in [-0.2, -0.15) is 0 Å². The van der Waals surface area contributed by atoms with E-state index in [1.807, 2.05) is 27.7 Å². The molecule has 1 N–H and O–H groups in total. The monoisotopic (exact) mass is 288 g/mol. The molecule has 3 heterocycles. The summed E-state index contributed by atoms with van der Waals surface area (Å²) in [6.07, 6.45) is 0. The first-order valence-electron chi connectivity index (χ1n) is 6.77. The summed E-state index contributed by atoms with van der Waals surface area (Å²) in [5.41, 5.74) is 0. The maximum absolute atomic E-state index is 12.9. The van der Waals surface area contributed by atoms with Crippen molar-refractivity contribution < 1.29 is 18.9 Å². The predicted molar refractivity (Wildman–Crippen MR) is 69.7 cm³/mol. The minimum absolute atomic E-state index is 0.0691. The Kier molecular flexibility index (Phi) is 2.81. The molecule has 19 heavy (non-hydrogen) atoms. The minimum atomic E-state index is -3.63. The molecule has 3 aliphatic rings. The van der Waals surface area contributed by atoms with Gasteiger partial charge in [-0.3, -0.25) is 0 Å². The molecule has 0 aromatic heterocycles. The van der Waals surface area contributed by atoms with Gasteiger partial charge in [0.1, 0.15) is 13.2 Å². The van der Waals surface area contributed by atoms with Crippen LogP contribution in [-0.2, 0) is 14.0 Å². The second-order valence-corrected chi connectivity index (χ2v) is 7.95. The van der Waals surface area contributed by atoms with Crippen molar-refractivity contribution in [2.45, 2.75) is 39.8 Å². The Morgan fingerprint density at radius 3 is 1.74 bits per heavy atom. The quantitative estimate of drug-likeness (QED) is 0.784. The fraction of sp³-hybridized carbons (Fsp3) is 0.833. The standard InChI is InChI=1S/C12H21N2O4P/c1-7(2)9-5-17-11-12-14(19(15,16)13(9)11)10(6-18-12)8(3)4/h7-10H,5-6H2,1-4H3,(H,15,16)/t9-,10-/m1/s1. The van der Waals surface area contributed by atoms with Crippen molar-refractivity contribution in [3.8, 4) is 0 Å². The molecule has 6 nitrogen and oxygen atoms in total. The van der Waals surface area contributed by atoms with Crippen LogP contribution >= 0.6 is 7.67 Å². The Morgan fingerprint density at radius 2 is 1.42 bits per heavy atom. The van der Waals surface area contributed by atoms with Crippen molar-refractivity contribution in [3.63, 3.8) is 0 Å². The molecule has 0 saturated carbocycles. The van der Waals surface area contributed by atoms with Gasteiger partial charge in [-0.1, -0.05) is 27.7 Å². The van der Waals surface area contributed by atoms with Gasteiger partial charge in [0.15, 0.2) is 0 Å². The second kappa shape index (κ2) is 4.06. The molecule has 0 aromatic carbocycles. The molecule has 0 radical (unpaired) electrons. The van der Waals surface area contributed by atoms with Gasteiger partial charge in [-0.05, 0) is 11.8 Å². The van der Waals surface area contributed by atoms with Crippen molar-refractivity contribution in [2.24, 2.45) is 11.8 Å². The maximum Gasteiger partial charge on any atom is 0.400 e. The van der Waals surface area contributed by atoms with Crippen molar-refractivity contribution >= 4 is 7.67 Å². The van der Waals surface area contributed by atoms with Gasteiger partial charge in [0.05, 0.1) is 12.1 Å². The SMILES string of the molecule is CC(C)[C@H]1COC2=C3OC[C@H](C(C)C)N3P(=O)(O)N21. The van der Waals surface area contributed by atoms with Gasteiger partial charge in [0.25, 0.3) is 11.8 Å². The summed E-state index contributed by atoms with van der Waals surface area (Å²) < 4.78 is 27.2. The molecule has 0 bridgehead atoms. The number of nitrogens with zero attached hydrogens (tertiary/aromatic N) is 2. The predicted octanol–water partition coefficient (Wildman–Crippen LogP) is 1.94. The molecule has 108 valence electrons. The van der Waals surface area contributed by atoms with Crippen LogP contribution in [0.2, 0.25) is 0 Å². The van der Waals surface area contributed by atoms with E-state index in [9.17, 15) is 9.46 Å². The number of ether oxygens (including phenoxy) is 2. The number of fused-ring (bicyclic) bond motifs is 2. The van der Waals surface area contributed by atoms with Crippen LogP contribution in [0.4, 0.5) is 0 Å². The second-order valence-electron chi connectivity index (χ2n) is 6.06. The summed E-state index contributed by atoms with van der Waals surface area (Å²) >= 11 is 0. The average Bonchev–Trinajstić information content (AvgIpc) is 2.95. The van der Waals surface area contributed by atoms with E-state index in [1.54, 1.807) is 9.34 Å². The minimum Gasteiger partial charge on any atom is -0.473 e. The van der Waals surface area contributed by atoms with E-state index in [4.69, 9.17) is 9.47 Å². The van der Waals surface area contributed by atoms with Crippen LogP contribution in [0.1, 0.15) is 27.7 Å². The van der Waals surface area contributed by atoms with Gasteiger partial charge < -0.3 is 14.4 Å². The van der Waals surface area contributed by atoms with Crippen molar-refractivity contribution in [1.29, 1.82) is 0 Å². The van der Waals surface area contributed by atoms with Gasteiger partial charge in [-0.15, -0.1) is 0 Å². The first-order chi connectivity index (χ1) is 8.85. The van der Waals surface area contributed by atoms with Crippen LogP contribution < -0.4 is 0 Å². The first-order valence-corrected chi connectivity index (χ1v) is 8.34. The van der Waals surface area contributed by atoms with Crippen LogP contribution in [0.5, 0.6) is 0 Å². The fourth-order valence-corrected chi connectivity index (χ4v) is 5.31. The highest BCUT2D eigenvalue weighted by molar-refractivity contribution is 7.53. The van der Waals surface area contributed by atoms with Crippen molar-refractivity contribution in [1.82, 2.24) is 9.34 Å². The third kappa shape index (κ3) is 1.62. The van der Waals surface area contributed by atoms with E-state index in [0.717, 1.165) is 0 Å². The summed E-state index contributed by atoms with van der Waals surface area (Å²) in [6, 6.07) is -0.138. The van der Waals surface area contributed by atoms with Crippen molar-refractivity contribution in [3.05, 3.63) is 11.8 Å². The molecule has 0 unspecified atom stereocenters. The zero-order valence-corrected chi connectivity index (χ0v) is 12.6. The summed E-state index contributed by atoms with van der Waals surface area (Å²) in [7, 11) is -3.63. The van der Waals surface area contributed by atoms with Gasteiger partial charge in [-0.25, -0.2) is 13.9 Å². The van der Waals surface area contributed by atoms with Gasteiger partial charge in [0, 0.05) is 0 Å². The van der Waals surface area contributed by atoms with Crippen LogP contribution in [0.25, 0.3) is 0 Å². The molecular weight excluding hydrogens is 267 g/mol. The summed E-state index contributed by atoms with van der Waals surface area (Å²) in [4.78, 5) is 10.6. The number of hydrogen-bond acceptors (Lipinski definition) is 3. The van der Waals surface area contributed by atoms with Crippen LogP contribution in [0, 0.1) is 11.8 Å². The highest BCUT2D eigenvalue weighted by Crippen LogP contribution is 2.66. The molecule has 0 amide bonds. The zero-order valence-electron chi connectivity index (χ0n) is 11.7. The Morgan fingerprint density at radius 1 is 1.05 bits per heavy atom. The van der Waals surface area contributed by atoms with E-state index >= 15 is 0 Å². The van der Waals surface area contributed by atoms with Gasteiger partial charge in [0.2, 0.25) is 0 Å². The Hall–Kier alpha value is -0.870. The topological polar surface area (TPSA) is 62.2 Å². The zero-order chi connectivity index (χ0) is 13.9. The summed E-state index contributed by atoms with van der Waals surface area (Å²) in [5.74, 6) is 1.40. The normalized spacial score (nSPS) is 31.9.